The van der Waals surface area contributed by atoms with E-state index < -0.39 is 10.5 Å². The summed E-state index contributed by atoms with van der Waals surface area (Å²) in [6.45, 7) is 1.23. The molecule has 1 N–H and O–H groups in total. The average Bonchev–Trinajstić information content (AvgIpc) is 2.62. The molecule has 7 heteroatoms. The molecule has 132 valence electrons. The quantitative estimate of drug-likeness (QED) is 0.662. The Labute approximate surface area is 150 Å². The molecule has 0 amide bonds. The molecule has 0 saturated carbocycles. The van der Waals surface area contributed by atoms with Crippen LogP contribution >= 0.6 is 11.6 Å². The van der Waals surface area contributed by atoms with Crippen LogP contribution < -0.4 is 9.64 Å². The minimum atomic E-state index is -0.959. The van der Waals surface area contributed by atoms with Crippen LogP contribution in [0.2, 0.25) is 5.02 Å². The van der Waals surface area contributed by atoms with E-state index in [1.165, 1.54) is 13.2 Å². The fraction of sp³-hybridized carbons (Fsp3) is 0.333. The summed E-state index contributed by atoms with van der Waals surface area (Å²) < 4.78 is 5.13. The molecule has 3 rings (SSSR count). The third-order valence-electron chi connectivity index (χ3n) is 4.69. The molecule has 0 spiro atoms. The van der Waals surface area contributed by atoms with Crippen molar-refractivity contribution in [2.24, 2.45) is 0 Å². The van der Waals surface area contributed by atoms with Crippen LogP contribution in [-0.4, -0.2) is 30.2 Å². The molecular weight excluding hydrogens is 344 g/mol. The first-order chi connectivity index (χ1) is 11.9. The highest BCUT2D eigenvalue weighted by atomic mass is 35.5. The third-order valence-corrected chi connectivity index (χ3v) is 5.02. The first-order valence-electron chi connectivity index (χ1n) is 7.99. The smallest absolute Gasteiger partial charge is 0.311 e. The average molecular weight is 363 g/mol. The molecule has 1 heterocycles. The van der Waals surface area contributed by atoms with Crippen molar-refractivity contribution in [1.82, 2.24) is 0 Å². The number of aliphatic hydroxyl groups is 1. The van der Waals surface area contributed by atoms with E-state index >= 15 is 0 Å². The molecule has 0 unspecified atom stereocenters. The first kappa shape index (κ1) is 17.5. The van der Waals surface area contributed by atoms with Gasteiger partial charge in [-0.15, -0.1) is 0 Å². The number of nitro groups is 1. The Morgan fingerprint density at radius 2 is 1.92 bits per heavy atom. The maximum Gasteiger partial charge on any atom is 0.311 e. The van der Waals surface area contributed by atoms with Crippen LogP contribution in [0.3, 0.4) is 0 Å². The molecule has 0 aromatic heterocycles. The highest BCUT2D eigenvalue weighted by Crippen LogP contribution is 2.39. The lowest BCUT2D eigenvalue weighted by Crippen LogP contribution is -2.42. The summed E-state index contributed by atoms with van der Waals surface area (Å²) in [5.41, 5.74) is 0.566. The fourth-order valence-electron chi connectivity index (χ4n) is 3.26. The van der Waals surface area contributed by atoms with E-state index in [1.807, 2.05) is 18.2 Å². The molecule has 1 saturated heterocycles. The number of halogens is 1. The van der Waals surface area contributed by atoms with E-state index in [0.717, 1.165) is 11.3 Å². The number of benzene rings is 2. The van der Waals surface area contributed by atoms with Crippen molar-refractivity contribution >= 4 is 23.0 Å². The standard InChI is InChI=1S/C18H19ClN2O4/c1-25-17-12-13(6-7-16(17)21(23)24)20-10-8-18(22,9-11-20)14-4-2-3-5-15(14)19/h2-7,12,22H,8-11H2,1H3. The predicted molar refractivity (Wildman–Crippen MR) is 96.4 cm³/mol. The van der Waals surface area contributed by atoms with Gasteiger partial charge in [-0.1, -0.05) is 29.8 Å². The lowest BCUT2D eigenvalue weighted by molar-refractivity contribution is -0.385. The zero-order chi connectivity index (χ0) is 18.0. The zero-order valence-electron chi connectivity index (χ0n) is 13.8. The topological polar surface area (TPSA) is 75.8 Å². The summed E-state index contributed by atoms with van der Waals surface area (Å²) in [4.78, 5) is 12.6. The van der Waals surface area contributed by atoms with Crippen LogP contribution in [-0.2, 0) is 5.60 Å². The van der Waals surface area contributed by atoms with Crippen LogP contribution in [0.5, 0.6) is 5.75 Å². The van der Waals surface area contributed by atoms with Crippen LogP contribution in [0, 0.1) is 10.1 Å². The lowest BCUT2D eigenvalue weighted by atomic mass is 9.84. The lowest BCUT2D eigenvalue weighted by Gasteiger charge is -2.40. The van der Waals surface area contributed by atoms with Gasteiger partial charge in [0.05, 0.1) is 17.6 Å². The second-order valence-electron chi connectivity index (χ2n) is 6.11. The number of nitrogens with zero attached hydrogens (tertiary/aromatic N) is 2. The summed E-state index contributed by atoms with van der Waals surface area (Å²) in [7, 11) is 1.42. The first-order valence-corrected chi connectivity index (χ1v) is 8.37. The highest BCUT2D eigenvalue weighted by molar-refractivity contribution is 6.31. The Morgan fingerprint density at radius 1 is 1.24 bits per heavy atom. The monoisotopic (exact) mass is 362 g/mol. The molecule has 1 aliphatic rings. The van der Waals surface area contributed by atoms with Gasteiger partial charge < -0.3 is 14.7 Å². The number of hydrogen-bond acceptors (Lipinski definition) is 5. The van der Waals surface area contributed by atoms with Gasteiger partial charge >= 0.3 is 5.69 Å². The van der Waals surface area contributed by atoms with Gasteiger partial charge in [-0.3, -0.25) is 10.1 Å². The molecule has 0 atom stereocenters. The molecule has 2 aromatic carbocycles. The van der Waals surface area contributed by atoms with E-state index in [4.69, 9.17) is 16.3 Å². The Balaban J connectivity index is 1.78. The summed E-state index contributed by atoms with van der Waals surface area (Å²) in [6, 6.07) is 12.2. The number of nitro benzene ring substituents is 1. The number of methoxy groups -OCH3 is 1. The molecular formula is C18H19ClN2O4. The van der Waals surface area contributed by atoms with Gasteiger partial charge in [-0.25, -0.2) is 0 Å². The van der Waals surface area contributed by atoms with Crippen molar-refractivity contribution in [3.8, 4) is 5.75 Å². The Kier molecular flexibility index (Phi) is 4.83. The maximum absolute atomic E-state index is 11.0. The molecule has 2 aromatic rings. The van der Waals surface area contributed by atoms with Crippen molar-refractivity contribution in [1.29, 1.82) is 0 Å². The SMILES string of the molecule is COc1cc(N2CCC(O)(c3ccccc3Cl)CC2)ccc1[N+](=O)[O-]. The predicted octanol–water partition coefficient (Wildman–Crippen LogP) is 3.74. The Morgan fingerprint density at radius 3 is 2.52 bits per heavy atom. The summed E-state index contributed by atoms with van der Waals surface area (Å²) in [5, 5.41) is 22.6. The summed E-state index contributed by atoms with van der Waals surface area (Å²) in [6.07, 6.45) is 1.05. The zero-order valence-corrected chi connectivity index (χ0v) is 14.6. The van der Waals surface area contributed by atoms with Crippen molar-refractivity contribution in [3.05, 3.63) is 63.2 Å². The fourth-order valence-corrected chi connectivity index (χ4v) is 3.57. The van der Waals surface area contributed by atoms with E-state index in [2.05, 4.69) is 4.90 Å². The van der Waals surface area contributed by atoms with E-state index in [-0.39, 0.29) is 11.4 Å². The van der Waals surface area contributed by atoms with Gasteiger partial charge in [-0.05, 0) is 25.0 Å². The van der Waals surface area contributed by atoms with Crippen molar-refractivity contribution in [3.63, 3.8) is 0 Å². The van der Waals surface area contributed by atoms with Crippen LogP contribution in [0.15, 0.2) is 42.5 Å². The third kappa shape index (κ3) is 3.41. The number of ether oxygens (including phenoxy) is 1. The van der Waals surface area contributed by atoms with Crippen LogP contribution in [0.4, 0.5) is 11.4 Å². The number of hydrogen-bond donors (Lipinski definition) is 1. The second-order valence-corrected chi connectivity index (χ2v) is 6.52. The Bertz CT molecular complexity index is 788. The van der Waals surface area contributed by atoms with Gasteiger partial charge in [0, 0.05) is 41.5 Å². The summed E-state index contributed by atoms with van der Waals surface area (Å²) in [5.74, 6) is 0.231. The van der Waals surface area contributed by atoms with Gasteiger partial charge in [-0.2, -0.15) is 0 Å². The normalized spacial score (nSPS) is 16.5. The van der Waals surface area contributed by atoms with E-state index in [9.17, 15) is 15.2 Å². The van der Waals surface area contributed by atoms with Crippen molar-refractivity contribution in [2.75, 3.05) is 25.1 Å². The number of piperidine rings is 1. The largest absolute Gasteiger partial charge is 0.490 e. The minimum absolute atomic E-state index is 0.0594. The molecule has 6 nitrogen and oxygen atoms in total. The van der Waals surface area contributed by atoms with Crippen molar-refractivity contribution < 1.29 is 14.8 Å². The number of rotatable bonds is 4. The van der Waals surface area contributed by atoms with Gasteiger partial charge in [0.2, 0.25) is 0 Å². The maximum atomic E-state index is 11.0. The summed E-state index contributed by atoms with van der Waals surface area (Å²) >= 11 is 6.23. The molecule has 0 aliphatic carbocycles. The molecule has 1 fully saturated rings. The molecule has 1 aliphatic heterocycles. The van der Waals surface area contributed by atoms with E-state index in [0.29, 0.717) is 31.0 Å². The second kappa shape index (κ2) is 6.90. The molecule has 0 bridgehead atoms. The Hall–Kier alpha value is -2.31. The van der Waals surface area contributed by atoms with E-state index in [1.54, 1.807) is 18.2 Å². The molecule has 0 radical (unpaired) electrons. The van der Waals surface area contributed by atoms with Crippen LogP contribution in [0.1, 0.15) is 18.4 Å². The minimum Gasteiger partial charge on any atom is -0.490 e. The molecule has 25 heavy (non-hydrogen) atoms. The number of anilines is 1. The van der Waals surface area contributed by atoms with Crippen LogP contribution in [0.25, 0.3) is 0 Å². The van der Waals surface area contributed by atoms with Gasteiger partial charge in [0.15, 0.2) is 5.75 Å². The van der Waals surface area contributed by atoms with Gasteiger partial charge in [0.25, 0.3) is 0 Å². The van der Waals surface area contributed by atoms with Crippen molar-refractivity contribution in [2.45, 2.75) is 18.4 Å². The highest BCUT2D eigenvalue weighted by Gasteiger charge is 2.35. The van der Waals surface area contributed by atoms with Gasteiger partial charge in [0.1, 0.15) is 0 Å².